The van der Waals surface area contributed by atoms with Crippen LogP contribution in [-0.2, 0) is 12.1 Å². The molecule has 1 aliphatic heterocycles. The number of hydrogen-bond donors (Lipinski definition) is 2. The van der Waals surface area contributed by atoms with Gasteiger partial charge in [0.15, 0.2) is 6.61 Å². The minimum atomic E-state index is -4.32. The van der Waals surface area contributed by atoms with Crippen LogP contribution >= 0.6 is 0 Å². The summed E-state index contributed by atoms with van der Waals surface area (Å²) in [5.41, 5.74) is 0.590. The number of halogens is 6. The molecule has 1 saturated heterocycles. The van der Waals surface area contributed by atoms with Gasteiger partial charge < -0.3 is 9.84 Å². The van der Waals surface area contributed by atoms with E-state index in [0.29, 0.717) is 6.07 Å². The fourth-order valence-electron chi connectivity index (χ4n) is 3.92. The number of ether oxygens (including phenoxy) is 1. The van der Waals surface area contributed by atoms with Gasteiger partial charge in [-0.3, -0.25) is 10.3 Å². The molecule has 0 bridgehead atoms. The molecule has 0 spiro atoms. The summed E-state index contributed by atoms with van der Waals surface area (Å²) in [5, 5.41) is 17.0. The highest BCUT2D eigenvalue weighted by Gasteiger charge is 2.46. The number of amides is 2. The smallest absolute Gasteiger partial charge is 0.340 e. The number of hydrazine groups is 1. The van der Waals surface area contributed by atoms with E-state index in [0.717, 1.165) is 12.1 Å². The molecule has 2 aromatic carbocycles. The van der Waals surface area contributed by atoms with Gasteiger partial charge in [-0.1, -0.05) is 6.07 Å². The largest absolute Gasteiger partial charge is 0.487 e. The number of alkyl halides is 4. The maximum atomic E-state index is 14.8. The van der Waals surface area contributed by atoms with Crippen LogP contribution < -0.4 is 15.1 Å². The Morgan fingerprint density at radius 2 is 1.87 bits per heavy atom. The molecule has 2 amide bonds. The lowest BCUT2D eigenvalue weighted by molar-refractivity contribution is -0.148. The Labute approximate surface area is 212 Å². The van der Waals surface area contributed by atoms with Crippen molar-refractivity contribution >= 4 is 11.7 Å². The fourth-order valence-corrected chi connectivity index (χ4v) is 3.92. The molecule has 2 atom stereocenters. The van der Waals surface area contributed by atoms with Crippen LogP contribution in [-0.4, -0.2) is 62.6 Å². The van der Waals surface area contributed by atoms with Gasteiger partial charge in [0, 0.05) is 17.3 Å². The second-order valence-electron chi connectivity index (χ2n) is 8.62. The summed E-state index contributed by atoms with van der Waals surface area (Å²) in [6.45, 7) is -0.446. The molecule has 0 radical (unpaired) electrons. The summed E-state index contributed by atoms with van der Waals surface area (Å²) >= 11 is 0. The molecule has 2 heterocycles. The summed E-state index contributed by atoms with van der Waals surface area (Å²) in [5.74, 6) is -6.28. The number of urea groups is 1. The van der Waals surface area contributed by atoms with Crippen molar-refractivity contribution in [1.29, 1.82) is 0 Å². The van der Waals surface area contributed by atoms with Crippen LogP contribution in [0.2, 0.25) is 0 Å². The average molecular weight is 544 g/mol. The van der Waals surface area contributed by atoms with Crippen molar-refractivity contribution in [3.05, 3.63) is 72.3 Å². The molecule has 1 fully saturated rings. The molecule has 0 saturated carbocycles. The Bertz CT molecular complexity index is 1260. The van der Waals surface area contributed by atoms with Crippen LogP contribution in [0.25, 0.3) is 0 Å². The van der Waals surface area contributed by atoms with E-state index in [1.807, 2.05) is 0 Å². The Morgan fingerprint density at radius 3 is 2.47 bits per heavy atom. The molecule has 3 aromatic rings. The van der Waals surface area contributed by atoms with Crippen LogP contribution in [0.1, 0.15) is 12.5 Å². The first-order chi connectivity index (χ1) is 17.9. The lowest BCUT2D eigenvalue weighted by Crippen LogP contribution is -2.54. The third-order valence-corrected chi connectivity index (χ3v) is 6.10. The van der Waals surface area contributed by atoms with Gasteiger partial charge in [0.1, 0.15) is 35.6 Å². The molecule has 15 heteroatoms. The molecule has 0 unspecified atom stereocenters. The number of aromatic nitrogens is 3. The van der Waals surface area contributed by atoms with Gasteiger partial charge in [-0.05, 0) is 37.3 Å². The van der Waals surface area contributed by atoms with Gasteiger partial charge in [0.25, 0.3) is 0 Å². The van der Waals surface area contributed by atoms with Gasteiger partial charge >= 0.3 is 18.4 Å². The van der Waals surface area contributed by atoms with Crippen LogP contribution in [0.15, 0.2) is 55.1 Å². The van der Waals surface area contributed by atoms with Crippen molar-refractivity contribution in [2.75, 3.05) is 18.2 Å². The monoisotopic (exact) mass is 544 g/mol. The second kappa shape index (κ2) is 10.5. The summed E-state index contributed by atoms with van der Waals surface area (Å²) in [6.07, 6.45) is -1.36. The summed E-state index contributed by atoms with van der Waals surface area (Å²) in [6, 6.07) is 6.25. The van der Waals surface area contributed by atoms with Crippen molar-refractivity contribution in [3.8, 4) is 5.75 Å². The third-order valence-electron chi connectivity index (χ3n) is 6.10. The quantitative estimate of drug-likeness (QED) is 0.380. The first kappa shape index (κ1) is 27.2. The van der Waals surface area contributed by atoms with Crippen molar-refractivity contribution < 1.29 is 41.0 Å². The number of benzene rings is 2. The van der Waals surface area contributed by atoms with Gasteiger partial charge in [0.2, 0.25) is 0 Å². The first-order valence-corrected chi connectivity index (χ1v) is 11.1. The minimum absolute atomic E-state index is 0.118. The van der Waals surface area contributed by atoms with Crippen molar-refractivity contribution in [2.45, 2.75) is 37.5 Å². The number of hydrogen-bond acceptors (Lipinski definition) is 6. The highest BCUT2D eigenvalue weighted by molar-refractivity contribution is 5.93. The highest BCUT2D eigenvalue weighted by atomic mass is 19.3. The molecular formula is C23H22F6N6O3. The van der Waals surface area contributed by atoms with E-state index in [-0.39, 0.29) is 30.2 Å². The van der Waals surface area contributed by atoms with E-state index in [4.69, 9.17) is 4.74 Å². The molecule has 38 heavy (non-hydrogen) atoms. The van der Waals surface area contributed by atoms with Crippen LogP contribution in [0.3, 0.4) is 0 Å². The summed E-state index contributed by atoms with van der Waals surface area (Å²) in [4.78, 5) is 17.8. The predicted molar refractivity (Wildman–Crippen MR) is 120 cm³/mol. The lowest BCUT2D eigenvalue weighted by Gasteiger charge is -2.38. The van der Waals surface area contributed by atoms with E-state index >= 15 is 0 Å². The van der Waals surface area contributed by atoms with Crippen molar-refractivity contribution in [1.82, 2.24) is 25.2 Å². The highest BCUT2D eigenvalue weighted by Crippen LogP contribution is 2.34. The molecule has 4 rings (SSSR count). The summed E-state index contributed by atoms with van der Waals surface area (Å²) < 4.78 is 85.2. The second-order valence-corrected chi connectivity index (χ2v) is 8.62. The lowest BCUT2D eigenvalue weighted by atomic mass is 9.86. The normalized spacial score (nSPS) is 17.0. The maximum Gasteiger partial charge on any atom is 0.340 e. The fraction of sp³-hybridized carbons (Fsp3) is 0.348. The van der Waals surface area contributed by atoms with E-state index in [9.17, 15) is 36.2 Å². The standard InChI is InChI=1S/C23H22F6N6O3/c1-14(22(37,9-33-12-30-11-31-33)18-7-2-15(24)8-19(18)25)35-13-34(21(36)32-35)16-3-5-17(6-4-16)38-10-23(28,29)20(26)27/h2-8,11-12,14,20,37H,9-10,13H2,1H3,(H,32,36)/t14-,22-/m1/s1. The van der Waals surface area contributed by atoms with Crippen molar-refractivity contribution in [3.63, 3.8) is 0 Å². The molecule has 9 nitrogen and oxygen atoms in total. The maximum absolute atomic E-state index is 14.8. The zero-order valence-electron chi connectivity index (χ0n) is 19.7. The Hall–Kier alpha value is -3.85. The number of rotatable bonds is 10. The SMILES string of the molecule is C[C@@H](N1CN(c2ccc(OCC(F)(F)C(F)F)cc2)C(=O)N1)[C@](O)(Cn1cncn1)c1ccc(F)cc1F. The zero-order valence-corrected chi connectivity index (χ0v) is 19.7. The number of nitrogens with one attached hydrogen (secondary N) is 1. The average Bonchev–Trinajstić information content (AvgIpc) is 3.51. The Morgan fingerprint density at radius 1 is 1.16 bits per heavy atom. The van der Waals surface area contributed by atoms with Gasteiger partial charge in [-0.25, -0.2) is 32.0 Å². The van der Waals surface area contributed by atoms with Gasteiger partial charge in [-0.2, -0.15) is 18.9 Å². The van der Waals surface area contributed by atoms with Crippen LogP contribution in [0.5, 0.6) is 5.75 Å². The van der Waals surface area contributed by atoms with Crippen LogP contribution in [0, 0.1) is 11.6 Å². The van der Waals surface area contributed by atoms with E-state index in [1.54, 1.807) is 0 Å². The van der Waals surface area contributed by atoms with Crippen LogP contribution in [0.4, 0.5) is 36.8 Å². The molecule has 1 aliphatic rings. The molecule has 2 N–H and O–H groups in total. The summed E-state index contributed by atoms with van der Waals surface area (Å²) in [7, 11) is 0. The van der Waals surface area contributed by atoms with E-state index in [2.05, 4.69) is 15.5 Å². The zero-order chi connectivity index (χ0) is 27.7. The third kappa shape index (κ3) is 5.52. The first-order valence-electron chi connectivity index (χ1n) is 11.1. The molecule has 1 aromatic heterocycles. The molecule has 0 aliphatic carbocycles. The molecule has 204 valence electrons. The Kier molecular flexibility index (Phi) is 7.51. The predicted octanol–water partition coefficient (Wildman–Crippen LogP) is 3.52. The van der Waals surface area contributed by atoms with E-state index < -0.39 is 48.3 Å². The number of carbonyl (C=O) groups is 1. The van der Waals surface area contributed by atoms with Crippen molar-refractivity contribution in [2.24, 2.45) is 0 Å². The number of carbonyl (C=O) groups excluding carboxylic acids is 1. The minimum Gasteiger partial charge on any atom is -0.487 e. The van der Waals surface area contributed by atoms with E-state index in [1.165, 1.54) is 58.4 Å². The number of anilines is 1. The van der Waals surface area contributed by atoms with Gasteiger partial charge in [-0.15, -0.1) is 0 Å². The topological polar surface area (TPSA) is 95.8 Å². The van der Waals surface area contributed by atoms with Gasteiger partial charge in [0.05, 0.1) is 19.3 Å². The Balaban J connectivity index is 1.53. The molecular weight excluding hydrogens is 522 g/mol. The number of nitrogens with zero attached hydrogens (tertiary/aromatic N) is 5. The number of aliphatic hydroxyl groups is 1.